The van der Waals surface area contributed by atoms with Gasteiger partial charge >= 0.3 is 6.09 Å². The number of carbonyl (C=O) groups excluding carboxylic acids is 1. The number of rotatable bonds is 0. The van der Waals surface area contributed by atoms with Crippen LogP contribution >= 0.6 is 0 Å². The number of aryl methyl sites for hydroxylation is 1. The molecule has 4 nitrogen and oxygen atoms in total. The van der Waals surface area contributed by atoms with Crippen LogP contribution in [0.2, 0.25) is 0 Å². The molecule has 1 aromatic rings. The zero-order chi connectivity index (χ0) is 27.0. The van der Waals surface area contributed by atoms with Crippen molar-refractivity contribution >= 4 is 6.09 Å². The first-order valence-electron chi connectivity index (χ1n) is 12.4. The van der Waals surface area contributed by atoms with Crippen molar-refractivity contribution in [3.63, 3.8) is 0 Å². The molecule has 0 bridgehead atoms. The third kappa shape index (κ3) is 24.8. The minimum absolute atomic E-state index is 0.0312. The van der Waals surface area contributed by atoms with Gasteiger partial charge in [0.25, 0.3) is 5.92 Å². The summed E-state index contributed by atoms with van der Waals surface area (Å²) in [4.78, 5) is 13.4. The standard InChI is InChI=1S/C10H15NO2.C6H11F2N.5C2H6/c1-8-6-5-7-11(8)9(12)13-10(2,3)4;1-9-4-2-6(7,8)3-5-9;5*1-2/h5-7H,1-4H3;2-5H2,1H3;5*1-2H3. The number of hydrogen-bond donors (Lipinski definition) is 0. The smallest absolute Gasteiger partial charge is 0.418 e. The maximum atomic E-state index is 12.4. The van der Waals surface area contributed by atoms with Gasteiger partial charge in [-0.2, -0.15) is 0 Å². The number of hydrogen-bond acceptors (Lipinski definition) is 3. The lowest BCUT2D eigenvalue weighted by molar-refractivity contribution is -0.0504. The normalized spacial score (nSPS) is 13.5. The molecule has 0 N–H and O–H groups in total. The highest BCUT2D eigenvalue weighted by atomic mass is 19.3. The van der Waals surface area contributed by atoms with Gasteiger partial charge < -0.3 is 9.64 Å². The van der Waals surface area contributed by atoms with Crippen molar-refractivity contribution in [1.29, 1.82) is 0 Å². The van der Waals surface area contributed by atoms with E-state index >= 15 is 0 Å². The van der Waals surface area contributed by atoms with Gasteiger partial charge in [0, 0.05) is 37.8 Å². The van der Waals surface area contributed by atoms with E-state index in [1.807, 2.05) is 121 Å². The van der Waals surface area contributed by atoms with Crippen LogP contribution in [0.4, 0.5) is 13.6 Å². The van der Waals surface area contributed by atoms with E-state index in [1.165, 1.54) is 4.57 Å². The second-order valence-corrected chi connectivity index (χ2v) is 6.66. The highest BCUT2D eigenvalue weighted by Crippen LogP contribution is 2.26. The van der Waals surface area contributed by atoms with Crippen LogP contribution in [0.25, 0.3) is 0 Å². The van der Waals surface area contributed by atoms with E-state index < -0.39 is 11.5 Å². The van der Waals surface area contributed by atoms with Gasteiger partial charge in [0.05, 0.1) is 0 Å². The third-order valence-electron chi connectivity index (χ3n) is 3.26. The molecular weight excluding hydrogens is 410 g/mol. The lowest BCUT2D eigenvalue weighted by Gasteiger charge is -2.28. The van der Waals surface area contributed by atoms with Gasteiger partial charge in [0.2, 0.25) is 0 Å². The molecule has 196 valence electrons. The Morgan fingerprint density at radius 3 is 1.53 bits per heavy atom. The molecule has 0 radical (unpaired) electrons. The van der Waals surface area contributed by atoms with Gasteiger partial charge in [-0.25, -0.2) is 13.6 Å². The predicted octanol–water partition coefficient (Wildman–Crippen LogP) is 9.06. The number of nitrogens with zero attached hydrogens (tertiary/aromatic N) is 2. The second kappa shape index (κ2) is 25.8. The summed E-state index contributed by atoms with van der Waals surface area (Å²) in [6.07, 6.45) is 1.44. The molecule has 0 aliphatic carbocycles. The number of aromatic nitrogens is 1. The summed E-state index contributed by atoms with van der Waals surface area (Å²) < 4.78 is 31.4. The highest BCUT2D eigenvalue weighted by Gasteiger charge is 2.32. The van der Waals surface area contributed by atoms with Crippen LogP contribution in [0.3, 0.4) is 0 Å². The number of ether oxygens (including phenoxy) is 1. The Morgan fingerprint density at radius 2 is 1.28 bits per heavy atom. The number of alkyl halides is 2. The number of carbonyl (C=O) groups is 1. The predicted molar refractivity (Wildman–Crippen MR) is 139 cm³/mol. The molecule has 1 aliphatic rings. The van der Waals surface area contributed by atoms with Crippen LogP contribution in [0.5, 0.6) is 0 Å². The summed E-state index contributed by atoms with van der Waals surface area (Å²) in [5, 5.41) is 0. The molecule has 6 heteroatoms. The lowest BCUT2D eigenvalue weighted by Crippen LogP contribution is -2.36. The molecule has 0 aromatic carbocycles. The Labute approximate surface area is 199 Å². The molecule has 1 aliphatic heterocycles. The quantitative estimate of drug-likeness (QED) is 0.382. The van der Waals surface area contributed by atoms with Crippen LogP contribution in [-0.4, -0.2) is 47.2 Å². The van der Waals surface area contributed by atoms with E-state index in [0.717, 1.165) is 5.69 Å². The van der Waals surface area contributed by atoms with E-state index in [9.17, 15) is 13.6 Å². The maximum absolute atomic E-state index is 12.4. The molecule has 0 spiro atoms. The second-order valence-electron chi connectivity index (χ2n) is 6.66. The first kappa shape index (κ1) is 40.9. The van der Waals surface area contributed by atoms with E-state index in [1.54, 1.807) is 6.20 Å². The molecule has 32 heavy (non-hydrogen) atoms. The third-order valence-corrected chi connectivity index (χ3v) is 3.26. The van der Waals surface area contributed by atoms with Crippen molar-refractivity contribution in [2.75, 3.05) is 20.1 Å². The van der Waals surface area contributed by atoms with Gasteiger partial charge in [0.15, 0.2) is 0 Å². The van der Waals surface area contributed by atoms with Gasteiger partial charge in [-0.15, -0.1) is 0 Å². The molecule has 1 saturated heterocycles. The molecule has 0 amide bonds. The first-order chi connectivity index (χ1) is 15.0. The summed E-state index contributed by atoms with van der Waals surface area (Å²) in [5.74, 6) is -2.38. The van der Waals surface area contributed by atoms with Crippen molar-refractivity contribution in [2.45, 2.75) is 121 Å². The number of likely N-dealkylation sites (tertiary alicyclic amines) is 1. The Hall–Kier alpha value is -1.43. The van der Waals surface area contributed by atoms with Crippen molar-refractivity contribution < 1.29 is 18.3 Å². The van der Waals surface area contributed by atoms with Gasteiger partial charge in [-0.05, 0) is 46.9 Å². The van der Waals surface area contributed by atoms with Crippen LogP contribution in [0.1, 0.15) is 109 Å². The summed E-state index contributed by atoms with van der Waals surface area (Å²) >= 11 is 0. The van der Waals surface area contributed by atoms with E-state index in [2.05, 4.69) is 0 Å². The molecule has 1 aromatic heterocycles. The fraction of sp³-hybridized carbons (Fsp3) is 0.808. The topological polar surface area (TPSA) is 34.5 Å². The van der Waals surface area contributed by atoms with Gasteiger partial charge in [0.1, 0.15) is 5.60 Å². The average Bonchev–Trinajstić information content (AvgIpc) is 3.23. The summed E-state index contributed by atoms with van der Waals surface area (Å²) in [6, 6.07) is 3.68. The Bertz CT molecular complexity index is 486. The van der Waals surface area contributed by atoms with Gasteiger partial charge in [-0.3, -0.25) is 4.57 Å². The Kier molecular flexibility index (Phi) is 33.0. The van der Waals surface area contributed by atoms with Crippen molar-refractivity contribution in [1.82, 2.24) is 9.47 Å². The van der Waals surface area contributed by atoms with Crippen molar-refractivity contribution in [2.24, 2.45) is 0 Å². The summed E-state index contributed by atoms with van der Waals surface area (Å²) in [6.45, 7) is 28.5. The fourth-order valence-electron chi connectivity index (χ4n) is 1.93. The SMILES string of the molecule is CC.CC.CC.CC.CC.CN1CCC(F)(F)CC1.Cc1cccn1C(=O)OC(C)(C)C. The molecule has 2 rings (SSSR count). The number of halogens is 2. The van der Waals surface area contributed by atoms with Crippen LogP contribution in [0, 0.1) is 6.92 Å². The van der Waals surface area contributed by atoms with Crippen LogP contribution in [0.15, 0.2) is 18.3 Å². The van der Waals surface area contributed by atoms with Gasteiger partial charge in [-0.1, -0.05) is 69.2 Å². The maximum Gasteiger partial charge on any atom is 0.418 e. The molecule has 1 fully saturated rings. The Morgan fingerprint density at radius 1 is 0.906 bits per heavy atom. The minimum Gasteiger partial charge on any atom is -0.443 e. The zero-order valence-electron chi connectivity index (χ0n) is 24.0. The minimum atomic E-state index is -2.38. The lowest BCUT2D eigenvalue weighted by atomic mass is 10.1. The highest BCUT2D eigenvalue weighted by molar-refractivity contribution is 5.71. The molecule has 0 atom stereocenters. The van der Waals surface area contributed by atoms with Crippen LogP contribution < -0.4 is 0 Å². The summed E-state index contributed by atoms with van der Waals surface area (Å²) in [5.41, 5.74) is 0.447. The van der Waals surface area contributed by atoms with E-state index in [-0.39, 0.29) is 18.9 Å². The Balaban J connectivity index is -0.000000112. The van der Waals surface area contributed by atoms with Crippen molar-refractivity contribution in [3.05, 3.63) is 24.0 Å². The largest absolute Gasteiger partial charge is 0.443 e. The monoisotopic (exact) mass is 466 g/mol. The average molecular weight is 467 g/mol. The molecule has 0 saturated carbocycles. The molecule has 0 unspecified atom stereocenters. The fourth-order valence-corrected chi connectivity index (χ4v) is 1.93. The van der Waals surface area contributed by atoms with E-state index in [4.69, 9.17) is 4.74 Å². The molecular formula is C26H56F2N2O2. The van der Waals surface area contributed by atoms with Crippen LogP contribution in [-0.2, 0) is 4.74 Å². The number of piperidine rings is 1. The summed E-state index contributed by atoms with van der Waals surface area (Å²) in [7, 11) is 1.87. The molecule has 2 heterocycles. The first-order valence-corrected chi connectivity index (χ1v) is 12.4. The zero-order valence-corrected chi connectivity index (χ0v) is 24.0. The van der Waals surface area contributed by atoms with Crippen molar-refractivity contribution in [3.8, 4) is 0 Å². The van der Waals surface area contributed by atoms with E-state index in [0.29, 0.717) is 13.1 Å².